The molecule has 7 heteroatoms. The number of anilines is 1. The van der Waals surface area contributed by atoms with Crippen LogP contribution < -0.4 is 9.46 Å². The van der Waals surface area contributed by atoms with E-state index in [1.165, 1.54) is 16.7 Å². The van der Waals surface area contributed by atoms with Gasteiger partial charge in [-0.3, -0.25) is 9.62 Å². The van der Waals surface area contributed by atoms with Crippen LogP contribution in [0.3, 0.4) is 0 Å². The molecule has 0 fully saturated rings. The standard InChI is InChI=1S/C35H40N2O4S/c1-3-20-42(39,40)36-32-21-29(18-19-34(32)41-26-28-14-8-5-9-15-28)33(38)25-37(24-27-12-6-4-7-13-27)35(2)22-30-16-10-11-17-31(30)23-35/h4-19,21,33,36,38H,3,20,22-26H2,1-2H3/t33-/m0/s1. The maximum Gasteiger partial charge on any atom is 0.232 e. The molecule has 2 N–H and O–H groups in total. The third kappa shape index (κ3) is 7.40. The van der Waals surface area contributed by atoms with Gasteiger partial charge in [0, 0.05) is 18.6 Å². The van der Waals surface area contributed by atoms with Crippen molar-refractivity contribution in [2.45, 2.75) is 57.9 Å². The van der Waals surface area contributed by atoms with Crippen LogP contribution in [0.1, 0.15) is 54.2 Å². The van der Waals surface area contributed by atoms with Crippen molar-refractivity contribution in [3.63, 3.8) is 0 Å². The quantitative estimate of drug-likeness (QED) is 0.187. The molecule has 4 aromatic rings. The molecule has 0 spiro atoms. The van der Waals surface area contributed by atoms with E-state index in [1.54, 1.807) is 12.1 Å². The van der Waals surface area contributed by atoms with Crippen LogP contribution in [0.15, 0.2) is 103 Å². The Hall–Kier alpha value is -3.65. The molecule has 220 valence electrons. The fourth-order valence-electron chi connectivity index (χ4n) is 5.79. The van der Waals surface area contributed by atoms with Crippen molar-refractivity contribution in [2.75, 3.05) is 17.0 Å². The van der Waals surface area contributed by atoms with Crippen molar-refractivity contribution in [1.29, 1.82) is 0 Å². The number of aliphatic hydroxyl groups excluding tert-OH is 1. The van der Waals surface area contributed by atoms with E-state index in [0.29, 0.717) is 43.1 Å². The number of benzene rings is 4. The summed E-state index contributed by atoms with van der Waals surface area (Å²) in [6.07, 6.45) is 1.45. The van der Waals surface area contributed by atoms with Gasteiger partial charge in [-0.2, -0.15) is 0 Å². The minimum absolute atomic E-state index is 0.00166. The SMILES string of the molecule is CCCS(=O)(=O)Nc1cc([C@@H](O)CN(Cc2ccccc2)C2(C)Cc3ccccc3C2)ccc1OCc1ccccc1. The van der Waals surface area contributed by atoms with Crippen molar-refractivity contribution >= 4 is 15.7 Å². The van der Waals surface area contributed by atoms with E-state index in [-0.39, 0.29) is 11.3 Å². The van der Waals surface area contributed by atoms with Gasteiger partial charge in [-0.25, -0.2) is 8.42 Å². The van der Waals surface area contributed by atoms with Gasteiger partial charge < -0.3 is 9.84 Å². The molecule has 1 atom stereocenters. The van der Waals surface area contributed by atoms with E-state index in [0.717, 1.165) is 18.4 Å². The van der Waals surface area contributed by atoms with Gasteiger partial charge in [0.2, 0.25) is 10.0 Å². The fourth-order valence-corrected chi connectivity index (χ4v) is 6.92. The van der Waals surface area contributed by atoms with Crippen LogP contribution in [-0.4, -0.2) is 36.3 Å². The first-order chi connectivity index (χ1) is 20.2. The second-order valence-corrected chi connectivity index (χ2v) is 13.3. The zero-order valence-electron chi connectivity index (χ0n) is 24.4. The van der Waals surface area contributed by atoms with Crippen LogP contribution in [0, 0.1) is 0 Å². The number of rotatable bonds is 13. The van der Waals surface area contributed by atoms with Crippen LogP contribution in [0.2, 0.25) is 0 Å². The highest BCUT2D eigenvalue weighted by molar-refractivity contribution is 7.92. The summed E-state index contributed by atoms with van der Waals surface area (Å²) in [5.74, 6) is 0.427. The molecule has 0 aromatic heterocycles. The molecule has 1 aliphatic rings. The van der Waals surface area contributed by atoms with Crippen molar-refractivity contribution in [2.24, 2.45) is 0 Å². The van der Waals surface area contributed by atoms with Gasteiger partial charge in [0.1, 0.15) is 12.4 Å². The molecule has 5 rings (SSSR count). The molecule has 0 amide bonds. The zero-order chi connectivity index (χ0) is 29.6. The van der Waals surface area contributed by atoms with Crippen molar-refractivity contribution < 1.29 is 18.3 Å². The normalized spacial score (nSPS) is 14.9. The Morgan fingerprint density at radius 1 is 0.881 bits per heavy atom. The number of aliphatic hydroxyl groups is 1. The summed E-state index contributed by atoms with van der Waals surface area (Å²) in [4.78, 5) is 2.37. The zero-order valence-corrected chi connectivity index (χ0v) is 25.2. The van der Waals surface area contributed by atoms with Crippen LogP contribution in [0.25, 0.3) is 0 Å². The van der Waals surface area contributed by atoms with Crippen molar-refractivity contribution in [3.8, 4) is 5.75 Å². The minimum atomic E-state index is -3.57. The summed E-state index contributed by atoms with van der Waals surface area (Å²) in [5.41, 5.74) is 5.65. The van der Waals surface area contributed by atoms with Gasteiger partial charge in [0.25, 0.3) is 0 Å². The van der Waals surface area contributed by atoms with E-state index in [9.17, 15) is 13.5 Å². The molecule has 0 saturated heterocycles. The third-order valence-corrected chi connectivity index (χ3v) is 9.47. The molecule has 0 saturated carbocycles. The summed E-state index contributed by atoms with van der Waals surface area (Å²) < 4.78 is 34.3. The minimum Gasteiger partial charge on any atom is -0.487 e. The predicted molar refractivity (Wildman–Crippen MR) is 169 cm³/mol. The average molecular weight is 585 g/mol. The van der Waals surface area contributed by atoms with Gasteiger partial charge in [0.05, 0.1) is 17.5 Å². The number of β-amino-alcohol motifs (C(OH)–C–C–N with tert-alkyl or cyclic N) is 1. The Morgan fingerprint density at radius 2 is 1.48 bits per heavy atom. The van der Waals surface area contributed by atoms with E-state index in [2.05, 4.69) is 52.9 Å². The lowest BCUT2D eigenvalue weighted by atomic mass is 9.93. The molecule has 4 aromatic carbocycles. The molecule has 1 aliphatic carbocycles. The first kappa shape index (κ1) is 29.8. The van der Waals surface area contributed by atoms with Crippen LogP contribution >= 0.6 is 0 Å². The number of fused-ring (bicyclic) bond motifs is 1. The van der Waals surface area contributed by atoms with E-state index in [1.807, 2.05) is 61.5 Å². The molecule has 0 radical (unpaired) electrons. The highest BCUT2D eigenvalue weighted by Gasteiger charge is 2.39. The molecule has 0 unspecified atom stereocenters. The van der Waals surface area contributed by atoms with Crippen LogP contribution in [0.5, 0.6) is 5.75 Å². The van der Waals surface area contributed by atoms with Gasteiger partial charge in [-0.15, -0.1) is 0 Å². The van der Waals surface area contributed by atoms with E-state index in [4.69, 9.17) is 4.74 Å². The second kappa shape index (κ2) is 13.1. The topological polar surface area (TPSA) is 78.9 Å². The Morgan fingerprint density at radius 3 is 2.10 bits per heavy atom. The fraction of sp³-hybridized carbons (Fsp3) is 0.314. The summed E-state index contributed by atoms with van der Waals surface area (Å²) >= 11 is 0. The smallest absolute Gasteiger partial charge is 0.232 e. The number of sulfonamides is 1. The second-order valence-electron chi connectivity index (χ2n) is 11.5. The monoisotopic (exact) mass is 584 g/mol. The van der Waals surface area contributed by atoms with Crippen molar-refractivity contribution in [1.82, 2.24) is 4.90 Å². The van der Waals surface area contributed by atoms with Crippen molar-refractivity contribution in [3.05, 3.63) is 131 Å². The van der Waals surface area contributed by atoms with Crippen LogP contribution in [-0.2, 0) is 36.0 Å². The molecule has 0 bridgehead atoms. The maximum atomic E-state index is 12.8. The molecular weight excluding hydrogens is 544 g/mol. The van der Waals surface area contributed by atoms with E-state index >= 15 is 0 Å². The molecule has 42 heavy (non-hydrogen) atoms. The number of nitrogens with one attached hydrogen (secondary N) is 1. The highest BCUT2D eigenvalue weighted by atomic mass is 32.2. The number of ether oxygens (including phenoxy) is 1. The summed E-state index contributed by atoms with van der Waals surface area (Å²) in [5, 5.41) is 11.6. The third-order valence-electron chi connectivity index (χ3n) is 8.00. The van der Waals surface area contributed by atoms with E-state index < -0.39 is 16.1 Å². The Labute approximate surface area is 250 Å². The summed E-state index contributed by atoms with van der Waals surface area (Å²) in [7, 11) is -3.57. The Kier molecular flexibility index (Phi) is 9.31. The number of hydrogen-bond donors (Lipinski definition) is 2. The molecule has 0 aliphatic heterocycles. The maximum absolute atomic E-state index is 12.8. The molecule has 6 nitrogen and oxygen atoms in total. The Balaban J connectivity index is 1.41. The highest BCUT2D eigenvalue weighted by Crippen LogP contribution is 2.37. The van der Waals surface area contributed by atoms with Gasteiger partial charge in [-0.1, -0.05) is 97.9 Å². The van der Waals surface area contributed by atoms with Gasteiger partial charge >= 0.3 is 0 Å². The largest absolute Gasteiger partial charge is 0.487 e. The number of hydrogen-bond acceptors (Lipinski definition) is 5. The summed E-state index contributed by atoms with van der Waals surface area (Å²) in [6, 6.07) is 33.9. The lowest BCUT2D eigenvalue weighted by Crippen LogP contribution is -2.48. The summed E-state index contributed by atoms with van der Waals surface area (Å²) in [6.45, 7) is 5.49. The first-order valence-electron chi connectivity index (χ1n) is 14.6. The first-order valence-corrected chi connectivity index (χ1v) is 16.2. The molecule has 0 heterocycles. The number of nitrogens with zero attached hydrogens (tertiary/aromatic N) is 1. The lowest BCUT2D eigenvalue weighted by molar-refractivity contribution is 0.0391. The predicted octanol–water partition coefficient (Wildman–Crippen LogP) is 6.51. The van der Waals surface area contributed by atoms with Gasteiger partial charge in [-0.05, 0) is 66.1 Å². The lowest BCUT2D eigenvalue weighted by Gasteiger charge is -2.40. The van der Waals surface area contributed by atoms with Crippen LogP contribution in [0.4, 0.5) is 5.69 Å². The molecular formula is C35H40N2O4S. The average Bonchev–Trinajstić information content (AvgIpc) is 3.34. The Bertz CT molecular complexity index is 1550. The van der Waals surface area contributed by atoms with Gasteiger partial charge in [0.15, 0.2) is 0 Å².